The quantitative estimate of drug-likeness (QED) is 0.142. The first-order valence-corrected chi connectivity index (χ1v) is 20.2. The highest BCUT2D eigenvalue weighted by Crippen LogP contribution is 2.45. The van der Waals surface area contributed by atoms with Gasteiger partial charge in [0.05, 0.1) is 35.9 Å². The number of cyclic esters (lactones) is 2. The number of aryl methyl sites for hydroxylation is 1. The number of aromatic nitrogens is 3. The highest BCUT2D eigenvalue weighted by Gasteiger charge is 2.48. The highest BCUT2D eigenvalue weighted by atomic mass is 35.5. The van der Waals surface area contributed by atoms with Crippen LogP contribution in [0.3, 0.4) is 0 Å². The van der Waals surface area contributed by atoms with Crippen LogP contribution < -0.4 is 15.4 Å². The molecule has 2 aliphatic rings. The van der Waals surface area contributed by atoms with Gasteiger partial charge in [-0.1, -0.05) is 74.0 Å². The normalized spacial score (nSPS) is 23.7. The molecule has 3 heterocycles. The van der Waals surface area contributed by atoms with Crippen molar-refractivity contribution >= 4 is 41.3 Å². The van der Waals surface area contributed by atoms with Crippen LogP contribution in [0, 0.1) is 17.3 Å². The molecule has 1 saturated heterocycles. The van der Waals surface area contributed by atoms with Gasteiger partial charge in [-0.05, 0) is 73.9 Å². The summed E-state index contributed by atoms with van der Waals surface area (Å²) in [7, 11) is 1.50. The molecule has 3 aromatic rings. The summed E-state index contributed by atoms with van der Waals surface area (Å²) < 4.78 is 25.1. The number of hydrogen-bond acceptors (Lipinski definition) is 11. The lowest BCUT2D eigenvalue weighted by molar-refractivity contribution is -0.179. The number of hydrogen-bond donors (Lipinski definition) is 3. The second-order valence-electron chi connectivity index (χ2n) is 16.2. The van der Waals surface area contributed by atoms with Crippen LogP contribution >= 0.6 is 11.6 Å². The molecule has 5 rings (SSSR count). The second kappa shape index (κ2) is 20.1. The molecule has 2 amide bonds. The number of rotatable bonds is 14. The molecule has 1 fully saturated rings. The summed E-state index contributed by atoms with van der Waals surface area (Å²) in [6, 6.07) is 12.0. The standard InChI is InChI=1S/C43H54ClN5O10/c1-25(2)19-35-41(54)57-33(26(3)38-39(59-38)29-16-13-27(14-17-29)22-49-23-30(47-48-49)9-7-12-37(51)52)10-8-11-36(50)46-32(21-28-15-18-34(56-6)31(44)20-28)40(53)45-24-43(4,5)42(55)58-35/h8,11,13-18,20,23,25-26,32-33,35,38-39H,7,9-10,12,19,21-22,24H2,1-6H3,(H,45,53)(H,46,50)(H,51,52)/b11-8+/t26-,32+,33-,35-,38+,39+/m0/s1. The summed E-state index contributed by atoms with van der Waals surface area (Å²) >= 11 is 6.35. The minimum atomic E-state index is -1.24. The Morgan fingerprint density at radius 2 is 1.80 bits per heavy atom. The SMILES string of the molecule is COc1ccc(C[C@H]2NC(=O)/C=C/C[C@@H]([C@H](C)[C@H]3O[C@@H]3c3ccc(Cn4cc(CCCC(=O)O)nn4)cc3)OC(=O)[C@H](CC(C)C)OC(=O)C(C)(C)CNC2=O)cc1Cl. The van der Waals surface area contributed by atoms with E-state index >= 15 is 0 Å². The number of carbonyl (C=O) groups excluding carboxylic acids is 4. The van der Waals surface area contributed by atoms with E-state index in [1.165, 1.54) is 13.2 Å². The maximum Gasteiger partial charge on any atom is 0.347 e. The van der Waals surface area contributed by atoms with Gasteiger partial charge >= 0.3 is 17.9 Å². The van der Waals surface area contributed by atoms with E-state index < -0.39 is 53.4 Å². The molecule has 0 saturated carbocycles. The molecule has 318 valence electrons. The average molecular weight is 836 g/mol. The van der Waals surface area contributed by atoms with Gasteiger partial charge in [-0.15, -0.1) is 5.10 Å². The van der Waals surface area contributed by atoms with Crippen LogP contribution in [0.15, 0.2) is 60.8 Å². The maximum atomic E-state index is 13.8. The number of esters is 2. The van der Waals surface area contributed by atoms with Crippen molar-refractivity contribution in [1.82, 2.24) is 25.6 Å². The summed E-state index contributed by atoms with van der Waals surface area (Å²) in [5.74, 6) is -3.17. The fraction of sp³-hybridized carbons (Fsp3) is 0.512. The zero-order valence-electron chi connectivity index (χ0n) is 34.3. The number of amides is 2. The van der Waals surface area contributed by atoms with Gasteiger partial charge in [0, 0.05) is 37.9 Å². The van der Waals surface area contributed by atoms with E-state index in [0.29, 0.717) is 35.7 Å². The third kappa shape index (κ3) is 12.9. The van der Waals surface area contributed by atoms with Crippen LogP contribution in [0.2, 0.25) is 5.02 Å². The van der Waals surface area contributed by atoms with Crippen molar-refractivity contribution in [1.29, 1.82) is 0 Å². The third-order valence-electron chi connectivity index (χ3n) is 10.3. The molecule has 2 aromatic carbocycles. The predicted octanol–water partition coefficient (Wildman–Crippen LogP) is 5.17. The second-order valence-corrected chi connectivity index (χ2v) is 16.7. The summed E-state index contributed by atoms with van der Waals surface area (Å²) in [4.78, 5) is 65.1. The van der Waals surface area contributed by atoms with Crippen molar-refractivity contribution < 1.29 is 48.0 Å². The number of halogens is 1. The van der Waals surface area contributed by atoms with Gasteiger partial charge in [-0.25, -0.2) is 9.48 Å². The first-order chi connectivity index (χ1) is 28.0. The number of nitrogens with one attached hydrogen (secondary N) is 2. The average Bonchev–Trinajstić information content (AvgIpc) is 3.86. The van der Waals surface area contributed by atoms with Crippen LogP contribution in [-0.4, -0.2) is 87.8 Å². The van der Waals surface area contributed by atoms with Gasteiger partial charge in [0.1, 0.15) is 24.0 Å². The smallest absolute Gasteiger partial charge is 0.347 e. The number of nitrogens with zero attached hydrogens (tertiary/aromatic N) is 3. The van der Waals surface area contributed by atoms with Crippen molar-refractivity contribution in [2.45, 2.75) is 110 Å². The van der Waals surface area contributed by atoms with E-state index in [1.54, 1.807) is 42.8 Å². The number of carboxylic acids is 1. The van der Waals surface area contributed by atoms with Crippen molar-refractivity contribution in [2.75, 3.05) is 13.7 Å². The maximum absolute atomic E-state index is 13.8. The number of benzene rings is 2. The summed E-state index contributed by atoms with van der Waals surface area (Å²) in [6.45, 7) is 9.30. The molecule has 16 heteroatoms. The Hall–Kier alpha value is -5.28. The Morgan fingerprint density at radius 3 is 2.47 bits per heavy atom. The fourth-order valence-corrected chi connectivity index (χ4v) is 7.05. The molecule has 3 N–H and O–H groups in total. The topological polar surface area (TPSA) is 201 Å². The van der Waals surface area contributed by atoms with Gasteiger partial charge < -0.3 is 34.7 Å². The van der Waals surface area contributed by atoms with E-state index in [4.69, 9.17) is 35.7 Å². The van der Waals surface area contributed by atoms with Crippen molar-refractivity contribution in [3.05, 3.63) is 88.2 Å². The van der Waals surface area contributed by atoms with Crippen molar-refractivity contribution in [2.24, 2.45) is 17.3 Å². The summed E-state index contributed by atoms with van der Waals surface area (Å²) in [5.41, 5.74) is 2.09. The number of methoxy groups -OCH3 is 1. The Bertz CT molecular complexity index is 2000. The lowest BCUT2D eigenvalue weighted by Crippen LogP contribution is -2.51. The monoisotopic (exact) mass is 835 g/mol. The molecular formula is C43H54ClN5O10. The molecule has 0 radical (unpaired) electrons. The number of carboxylic acid groups (broad SMARTS) is 1. The van der Waals surface area contributed by atoms with Gasteiger partial charge in [-0.2, -0.15) is 0 Å². The zero-order valence-corrected chi connectivity index (χ0v) is 35.1. The summed E-state index contributed by atoms with van der Waals surface area (Å²) in [5, 5.41) is 23.1. The van der Waals surface area contributed by atoms with E-state index in [1.807, 2.05) is 51.2 Å². The van der Waals surface area contributed by atoms with Gasteiger partial charge in [-0.3, -0.25) is 19.2 Å². The van der Waals surface area contributed by atoms with E-state index in [2.05, 4.69) is 20.9 Å². The molecule has 0 aliphatic carbocycles. The van der Waals surface area contributed by atoms with Crippen LogP contribution in [0.4, 0.5) is 0 Å². The molecule has 0 unspecified atom stereocenters. The predicted molar refractivity (Wildman–Crippen MR) is 216 cm³/mol. The van der Waals surface area contributed by atoms with Crippen molar-refractivity contribution in [3.8, 4) is 5.75 Å². The minimum absolute atomic E-state index is 0.0185. The Labute approximate surface area is 349 Å². The van der Waals surface area contributed by atoms with E-state index in [0.717, 1.165) is 16.8 Å². The number of carbonyl (C=O) groups is 5. The Kier molecular flexibility index (Phi) is 15.3. The third-order valence-corrected chi connectivity index (χ3v) is 10.6. The Morgan fingerprint density at radius 1 is 1.07 bits per heavy atom. The number of aliphatic carboxylic acids is 1. The lowest BCUT2D eigenvalue weighted by Gasteiger charge is -2.29. The molecule has 0 spiro atoms. The summed E-state index contributed by atoms with van der Waals surface area (Å²) in [6.07, 6.45) is 3.73. The van der Waals surface area contributed by atoms with Crippen LogP contribution in [0.25, 0.3) is 0 Å². The number of ether oxygens (including phenoxy) is 4. The minimum Gasteiger partial charge on any atom is -0.495 e. The van der Waals surface area contributed by atoms with Crippen LogP contribution in [0.5, 0.6) is 5.75 Å². The highest BCUT2D eigenvalue weighted by molar-refractivity contribution is 6.32. The largest absolute Gasteiger partial charge is 0.495 e. The van der Waals surface area contributed by atoms with Crippen LogP contribution in [0.1, 0.15) is 88.8 Å². The first-order valence-electron chi connectivity index (χ1n) is 19.9. The number of epoxide rings is 1. The van der Waals surface area contributed by atoms with E-state index in [-0.39, 0.29) is 56.3 Å². The molecule has 15 nitrogen and oxygen atoms in total. The molecule has 2 aliphatic heterocycles. The van der Waals surface area contributed by atoms with E-state index in [9.17, 15) is 24.0 Å². The molecule has 1 aromatic heterocycles. The van der Waals surface area contributed by atoms with Gasteiger partial charge in [0.25, 0.3) is 0 Å². The van der Waals surface area contributed by atoms with Crippen molar-refractivity contribution in [3.63, 3.8) is 0 Å². The molecule has 0 bridgehead atoms. The van der Waals surface area contributed by atoms with Gasteiger partial charge in [0.15, 0.2) is 6.10 Å². The first kappa shape index (κ1) is 44.8. The molecular weight excluding hydrogens is 782 g/mol. The zero-order chi connectivity index (χ0) is 42.9. The molecule has 6 atom stereocenters. The van der Waals surface area contributed by atoms with Crippen LogP contribution in [-0.2, 0) is 57.6 Å². The Balaban J connectivity index is 1.31. The van der Waals surface area contributed by atoms with Gasteiger partial charge in [0.2, 0.25) is 11.8 Å². The molecule has 59 heavy (non-hydrogen) atoms. The fourth-order valence-electron chi connectivity index (χ4n) is 6.77. The lowest BCUT2D eigenvalue weighted by atomic mass is 9.92.